The summed E-state index contributed by atoms with van der Waals surface area (Å²) in [6.07, 6.45) is 0.851. The van der Waals surface area contributed by atoms with Crippen LogP contribution in [0, 0.1) is 19.8 Å². The molecule has 24 heavy (non-hydrogen) atoms. The first kappa shape index (κ1) is 18.0. The van der Waals surface area contributed by atoms with Gasteiger partial charge in [-0.2, -0.15) is 0 Å². The smallest absolute Gasteiger partial charge is 0.311 e. The van der Waals surface area contributed by atoms with Gasteiger partial charge in [0.2, 0.25) is 0 Å². The molecule has 1 N–H and O–H groups in total. The summed E-state index contributed by atoms with van der Waals surface area (Å²) in [5.41, 5.74) is 3.80. The number of hydrogen-bond acceptors (Lipinski definition) is 4. The number of nitrogens with one attached hydrogen (secondary N) is 1. The van der Waals surface area contributed by atoms with Gasteiger partial charge in [0.15, 0.2) is 6.10 Å². The maximum atomic E-state index is 12.1. The van der Waals surface area contributed by atoms with Crippen LogP contribution in [0.3, 0.4) is 0 Å². The van der Waals surface area contributed by atoms with Crippen molar-refractivity contribution >= 4 is 22.8 Å². The minimum Gasteiger partial charge on any atom is -0.464 e. The lowest BCUT2D eigenvalue weighted by molar-refractivity contribution is -0.154. The summed E-state index contributed by atoms with van der Waals surface area (Å²) in [6.45, 7) is 10.2. The predicted octanol–water partition coefficient (Wildman–Crippen LogP) is 3.30. The first-order valence-electron chi connectivity index (χ1n) is 8.22. The van der Waals surface area contributed by atoms with Crippen LogP contribution in [-0.4, -0.2) is 24.5 Å². The van der Waals surface area contributed by atoms with Crippen molar-refractivity contribution in [2.75, 3.05) is 6.54 Å². The highest BCUT2D eigenvalue weighted by Crippen LogP contribution is 2.25. The van der Waals surface area contributed by atoms with Crippen LogP contribution in [0.15, 0.2) is 22.8 Å². The Labute approximate surface area is 142 Å². The topological polar surface area (TPSA) is 68.5 Å². The molecule has 1 amide bonds. The van der Waals surface area contributed by atoms with Crippen LogP contribution in [0.25, 0.3) is 11.0 Å². The molecule has 1 atom stereocenters. The number of amides is 1. The maximum Gasteiger partial charge on any atom is 0.311 e. The second-order valence-electron chi connectivity index (χ2n) is 6.64. The standard InChI is InChI=1S/C19H25NO4/c1-11(2)9-20-19(22)14(5)24-18(21)8-15-10-23-17-7-13(4)12(3)6-16(15)17/h6-7,10-11,14H,8-9H2,1-5H3,(H,20,22)/t14-/m1/s1. The van der Waals surface area contributed by atoms with E-state index in [2.05, 4.69) is 5.32 Å². The molecule has 0 unspecified atom stereocenters. The summed E-state index contributed by atoms with van der Waals surface area (Å²) in [6, 6.07) is 3.97. The molecule has 130 valence electrons. The highest BCUT2D eigenvalue weighted by atomic mass is 16.5. The molecule has 1 aromatic heterocycles. The van der Waals surface area contributed by atoms with Crippen LogP contribution >= 0.6 is 0 Å². The van der Waals surface area contributed by atoms with Gasteiger partial charge in [-0.1, -0.05) is 13.8 Å². The summed E-state index contributed by atoms with van der Waals surface area (Å²) < 4.78 is 10.7. The van der Waals surface area contributed by atoms with Gasteiger partial charge in [-0.05, 0) is 49.9 Å². The van der Waals surface area contributed by atoms with Crippen molar-refractivity contribution in [1.82, 2.24) is 5.32 Å². The fourth-order valence-electron chi connectivity index (χ4n) is 2.37. The Hall–Kier alpha value is -2.30. The zero-order chi connectivity index (χ0) is 17.9. The zero-order valence-electron chi connectivity index (χ0n) is 14.9. The van der Waals surface area contributed by atoms with E-state index in [1.165, 1.54) is 0 Å². The molecule has 2 aromatic rings. The van der Waals surface area contributed by atoms with E-state index in [9.17, 15) is 9.59 Å². The average Bonchev–Trinajstić information content (AvgIpc) is 2.87. The van der Waals surface area contributed by atoms with E-state index in [1.54, 1.807) is 13.2 Å². The normalized spacial score (nSPS) is 12.4. The Kier molecular flexibility index (Phi) is 5.65. The Morgan fingerprint density at radius 2 is 1.83 bits per heavy atom. The van der Waals surface area contributed by atoms with Gasteiger partial charge in [0, 0.05) is 17.5 Å². The predicted molar refractivity (Wildman–Crippen MR) is 92.8 cm³/mol. The third-order valence-electron chi connectivity index (χ3n) is 3.97. The van der Waals surface area contributed by atoms with Gasteiger partial charge >= 0.3 is 5.97 Å². The van der Waals surface area contributed by atoms with Crippen molar-refractivity contribution in [3.63, 3.8) is 0 Å². The van der Waals surface area contributed by atoms with E-state index < -0.39 is 12.1 Å². The second kappa shape index (κ2) is 7.51. The van der Waals surface area contributed by atoms with Crippen molar-refractivity contribution in [3.05, 3.63) is 35.1 Å². The van der Waals surface area contributed by atoms with Crippen LogP contribution < -0.4 is 5.32 Å². The van der Waals surface area contributed by atoms with Crippen LogP contribution in [0.2, 0.25) is 0 Å². The number of aryl methyl sites for hydroxylation is 2. The van der Waals surface area contributed by atoms with Gasteiger partial charge < -0.3 is 14.5 Å². The summed E-state index contributed by atoms with van der Waals surface area (Å²) in [5.74, 6) is -0.371. The number of rotatable bonds is 6. The fourth-order valence-corrected chi connectivity index (χ4v) is 2.37. The Morgan fingerprint density at radius 1 is 1.17 bits per heavy atom. The summed E-state index contributed by atoms with van der Waals surface area (Å²) in [7, 11) is 0. The molecule has 1 aromatic carbocycles. The van der Waals surface area contributed by atoms with Crippen molar-refractivity contribution in [2.45, 2.75) is 47.1 Å². The molecule has 0 spiro atoms. The molecule has 0 radical (unpaired) electrons. The van der Waals surface area contributed by atoms with Gasteiger partial charge in [-0.3, -0.25) is 9.59 Å². The van der Waals surface area contributed by atoms with Gasteiger partial charge in [0.1, 0.15) is 5.58 Å². The molecule has 1 heterocycles. The Morgan fingerprint density at radius 3 is 2.50 bits per heavy atom. The summed E-state index contributed by atoms with van der Waals surface area (Å²) in [4.78, 5) is 24.0. The van der Waals surface area contributed by atoms with E-state index >= 15 is 0 Å². The van der Waals surface area contributed by atoms with E-state index in [0.29, 0.717) is 12.5 Å². The number of hydrogen-bond donors (Lipinski definition) is 1. The van der Waals surface area contributed by atoms with Crippen molar-refractivity contribution in [3.8, 4) is 0 Å². The monoisotopic (exact) mass is 331 g/mol. The zero-order valence-corrected chi connectivity index (χ0v) is 14.9. The Bertz CT molecular complexity index is 745. The third kappa shape index (κ3) is 4.37. The molecule has 2 rings (SSSR count). The number of benzene rings is 1. The van der Waals surface area contributed by atoms with Gasteiger partial charge in [0.25, 0.3) is 5.91 Å². The number of esters is 1. The number of fused-ring (bicyclic) bond motifs is 1. The van der Waals surface area contributed by atoms with Crippen molar-refractivity contribution in [1.29, 1.82) is 0 Å². The van der Waals surface area contributed by atoms with Crippen LogP contribution in [-0.2, 0) is 20.7 Å². The number of carbonyl (C=O) groups is 2. The molecule has 5 nitrogen and oxygen atoms in total. The summed E-state index contributed by atoms with van der Waals surface area (Å²) >= 11 is 0. The maximum absolute atomic E-state index is 12.1. The highest BCUT2D eigenvalue weighted by molar-refractivity contribution is 5.88. The molecule has 0 aliphatic heterocycles. The number of carbonyl (C=O) groups excluding carboxylic acids is 2. The molecule has 0 bridgehead atoms. The van der Waals surface area contributed by atoms with E-state index in [-0.39, 0.29) is 12.3 Å². The van der Waals surface area contributed by atoms with Crippen molar-refractivity contribution < 1.29 is 18.7 Å². The van der Waals surface area contributed by atoms with Gasteiger partial charge in [-0.15, -0.1) is 0 Å². The lowest BCUT2D eigenvalue weighted by Crippen LogP contribution is -2.37. The van der Waals surface area contributed by atoms with E-state index in [4.69, 9.17) is 9.15 Å². The Balaban J connectivity index is 2.00. The highest BCUT2D eigenvalue weighted by Gasteiger charge is 2.19. The molecular formula is C19H25NO4. The average molecular weight is 331 g/mol. The van der Waals surface area contributed by atoms with E-state index in [1.807, 2.05) is 39.8 Å². The lowest BCUT2D eigenvalue weighted by atomic mass is 10.0. The lowest BCUT2D eigenvalue weighted by Gasteiger charge is -2.14. The van der Waals surface area contributed by atoms with E-state index in [0.717, 1.165) is 27.7 Å². The van der Waals surface area contributed by atoms with Crippen molar-refractivity contribution in [2.24, 2.45) is 5.92 Å². The molecule has 0 saturated heterocycles. The second-order valence-corrected chi connectivity index (χ2v) is 6.64. The fraction of sp³-hybridized carbons (Fsp3) is 0.474. The molecule has 0 aliphatic carbocycles. The van der Waals surface area contributed by atoms with Crippen LogP contribution in [0.4, 0.5) is 0 Å². The minimum atomic E-state index is -0.807. The largest absolute Gasteiger partial charge is 0.464 e. The summed E-state index contributed by atoms with van der Waals surface area (Å²) in [5, 5.41) is 3.66. The quantitative estimate of drug-likeness (QED) is 0.825. The molecular weight excluding hydrogens is 306 g/mol. The number of furan rings is 1. The number of ether oxygens (including phenoxy) is 1. The minimum absolute atomic E-state index is 0.0807. The SMILES string of the molecule is Cc1cc2occ(CC(=O)O[C@H](C)C(=O)NCC(C)C)c2cc1C. The third-order valence-corrected chi connectivity index (χ3v) is 3.97. The molecule has 0 fully saturated rings. The molecule has 5 heteroatoms. The van der Waals surface area contributed by atoms with Gasteiger partial charge in [0.05, 0.1) is 12.7 Å². The van der Waals surface area contributed by atoms with Crippen LogP contribution in [0.5, 0.6) is 0 Å². The van der Waals surface area contributed by atoms with Crippen LogP contribution in [0.1, 0.15) is 37.5 Å². The first-order valence-corrected chi connectivity index (χ1v) is 8.22. The molecule has 0 saturated carbocycles. The first-order chi connectivity index (χ1) is 11.3. The molecule has 0 aliphatic rings. The van der Waals surface area contributed by atoms with Gasteiger partial charge in [-0.25, -0.2) is 0 Å².